The molecule has 1 aliphatic rings. The van der Waals surface area contributed by atoms with Gasteiger partial charge in [-0.2, -0.15) is 0 Å². The second kappa shape index (κ2) is 4.76. The number of aliphatic hydroxyl groups is 1. The topological polar surface area (TPSA) is 29.5 Å². The van der Waals surface area contributed by atoms with Gasteiger partial charge in [0.25, 0.3) is 0 Å². The van der Waals surface area contributed by atoms with Crippen LogP contribution in [0.2, 0.25) is 0 Å². The highest BCUT2D eigenvalue weighted by molar-refractivity contribution is 5.38. The molecule has 0 aliphatic carbocycles. The Kier molecular flexibility index (Phi) is 3.09. The van der Waals surface area contributed by atoms with E-state index >= 15 is 0 Å². The summed E-state index contributed by atoms with van der Waals surface area (Å²) in [7, 11) is 0. The Morgan fingerprint density at radius 1 is 1.05 bits per heavy atom. The lowest BCUT2D eigenvalue weighted by Crippen LogP contribution is -2.02. The van der Waals surface area contributed by atoms with E-state index in [2.05, 4.69) is 0 Å². The lowest BCUT2D eigenvalue weighted by atomic mass is 9.97. The van der Waals surface area contributed by atoms with Gasteiger partial charge in [0.05, 0.1) is 13.2 Å². The number of hydrogen-bond acceptors (Lipinski definition) is 2. The predicted octanol–water partition coefficient (Wildman–Crippen LogP) is 3.25. The number of rotatable bonds is 2. The van der Waals surface area contributed by atoms with Crippen molar-refractivity contribution in [3.05, 3.63) is 70.0 Å². The van der Waals surface area contributed by atoms with Gasteiger partial charge in [0.1, 0.15) is 11.9 Å². The highest BCUT2D eigenvalue weighted by atomic mass is 19.1. The van der Waals surface area contributed by atoms with E-state index in [1.807, 2.05) is 25.1 Å². The predicted molar refractivity (Wildman–Crippen MR) is 70.1 cm³/mol. The molecule has 0 radical (unpaired) electrons. The Hall–Kier alpha value is -1.71. The number of benzene rings is 2. The molecule has 3 heteroatoms. The molecule has 0 amide bonds. The van der Waals surface area contributed by atoms with Crippen molar-refractivity contribution >= 4 is 0 Å². The van der Waals surface area contributed by atoms with Gasteiger partial charge in [-0.25, -0.2) is 4.39 Å². The van der Waals surface area contributed by atoms with Crippen LogP contribution in [-0.2, 0) is 18.0 Å². The summed E-state index contributed by atoms with van der Waals surface area (Å²) in [5, 5.41) is 10.4. The summed E-state index contributed by atoms with van der Waals surface area (Å²) in [4.78, 5) is 0. The second-order valence-electron chi connectivity index (χ2n) is 4.99. The molecule has 1 unspecified atom stereocenters. The molecular formula is C16H15FO2. The van der Waals surface area contributed by atoms with Crippen molar-refractivity contribution in [2.24, 2.45) is 0 Å². The lowest BCUT2D eigenvalue weighted by molar-refractivity contribution is 0.134. The van der Waals surface area contributed by atoms with Gasteiger partial charge < -0.3 is 9.84 Å². The van der Waals surface area contributed by atoms with E-state index in [9.17, 15) is 9.50 Å². The molecule has 2 aromatic rings. The van der Waals surface area contributed by atoms with E-state index in [4.69, 9.17) is 4.74 Å². The molecular weight excluding hydrogens is 243 g/mol. The van der Waals surface area contributed by atoms with Crippen molar-refractivity contribution in [3.63, 3.8) is 0 Å². The summed E-state index contributed by atoms with van der Waals surface area (Å²) in [5.41, 5.74) is 4.42. The minimum absolute atomic E-state index is 0.321. The van der Waals surface area contributed by atoms with Crippen LogP contribution < -0.4 is 0 Å². The zero-order chi connectivity index (χ0) is 13.4. The zero-order valence-corrected chi connectivity index (χ0v) is 10.7. The quantitative estimate of drug-likeness (QED) is 0.896. The smallest absolute Gasteiger partial charge is 0.123 e. The fourth-order valence-corrected chi connectivity index (χ4v) is 2.48. The number of hydrogen-bond donors (Lipinski definition) is 1. The highest BCUT2D eigenvalue weighted by Crippen LogP contribution is 2.28. The summed E-state index contributed by atoms with van der Waals surface area (Å²) >= 11 is 0. The van der Waals surface area contributed by atoms with Crippen LogP contribution in [0.1, 0.15) is 33.9 Å². The first-order valence-corrected chi connectivity index (χ1v) is 6.28. The van der Waals surface area contributed by atoms with Crippen molar-refractivity contribution in [2.75, 3.05) is 0 Å². The van der Waals surface area contributed by atoms with Crippen LogP contribution in [0.25, 0.3) is 0 Å². The third-order valence-corrected chi connectivity index (χ3v) is 3.44. The molecule has 1 aliphatic heterocycles. The lowest BCUT2D eigenvalue weighted by Gasteiger charge is -2.13. The molecule has 1 atom stereocenters. The first-order valence-electron chi connectivity index (χ1n) is 6.28. The average Bonchev–Trinajstić information content (AvgIpc) is 2.83. The number of halogens is 1. The molecule has 0 spiro atoms. The largest absolute Gasteiger partial charge is 0.384 e. The first kappa shape index (κ1) is 12.3. The van der Waals surface area contributed by atoms with Crippen molar-refractivity contribution in [1.82, 2.24) is 0 Å². The molecule has 1 N–H and O–H groups in total. The van der Waals surface area contributed by atoms with Gasteiger partial charge in [-0.1, -0.05) is 24.3 Å². The third-order valence-electron chi connectivity index (χ3n) is 3.44. The second-order valence-corrected chi connectivity index (χ2v) is 4.99. The number of aliphatic hydroxyl groups excluding tert-OH is 1. The Morgan fingerprint density at radius 3 is 2.63 bits per heavy atom. The third kappa shape index (κ3) is 2.39. The molecule has 0 saturated heterocycles. The molecule has 98 valence electrons. The molecule has 0 aromatic heterocycles. The van der Waals surface area contributed by atoms with Crippen LogP contribution in [0.3, 0.4) is 0 Å². The van der Waals surface area contributed by atoms with Crippen LogP contribution in [0.5, 0.6) is 0 Å². The Bertz CT molecular complexity index is 602. The van der Waals surface area contributed by atoms with Gasteiger partial charge in [0.2, 0.25) is 0 Å². The van der Waals surface area contributed by atoms with Crippen molar-refractivity contribution in [1.29, 1.82) is 0 Å². The average molecular weight is 258 g/mol. The Balaban J connectivity index is 1.97. The van der Waals surface area contributed by atoms with Crippen LogP contribution in [0.4, 0.5) is 4.39 Å². The summed E-state index contributed by atoms with van der Waals surface area (Å²) in [6, 6.07) is 10.4. The van der Waals surface area contributed by atoms with Crippen LogP contribution in [0, 0.1) is 12.7 Å². The van der Waals surface area contributed by atoms with Gasteiger partial charge in [-0.05, 0) is 46.9 Å². The van der Waals surface area contributed by atoms with E-state index in [-0.39, 0.29) is 5.82 Å². The highest BCUT2D eigenvalue weighted by Gasteiger charge is 2.16. The van der Waals surface area contributed by atoms with E-state index in [0.717, 1.165) is 22.3 Å². The summed E-state index contributed by atoms with van der Waals surface area (Å²) in [6.45, 7) is 3.03. The summed E-state index contributed by atoms with van der Waals surface area (Å²) in [5.74, 6) is -0.321. The molecule has 0 bridgehead atoms. The molecule has 19 heavy (non-hydrogen) atoms. The van der Waals surface area contributed by atoms with Crippen molar-refractivity contribution in [3.8, 4) is 0 Å². The molecule has 2 aromatic carbocycles. The van der Waals surface area contributed by atoms with Gasteiger partial charge >= 0.3 is 0 Å². The zero-order valence-electron chi connectivity index (χ0n) is 10.7. The first-order chi connectivity index (χ1) is 9.13. The van der Waals surface area contributed by atoms with E-state index in [1.54, 1.807) is 6.07 Å². The van der Waals surface area contributed by atoms with Crippen LogP contribution in [-0.4, -0.2) is 5.11 Å². The SMILES string of the molecule is Cc1cc(F)cc(C(O)c2ccc3c(c2)COC3)c1. The van der Waals surface area contributed by atoms with Gasteiger partial charge in [-0.15, -0.1) is 0 Å². The summed E-state index contributed by atoms with van der Waals surface area (Å²) in [6.07, 6.45) is -0.805. The van der Waals surface area contributed by atoms with Crippen LogP contribution >= 0.6 is 0 Å². The monoisotopic (exact) mass is 258 g/mol. The van der Waals surface area contributed by atoms with Crippen molar-refractivity contribution in [2.45, 2.75) is 26.2 Å². The Morgan fingerprint density at radius 2 is 1.84 bits per heavy atom. The van der Waals surface area contributed by atoms with Gasteiger partial charge in [-0.3, -0.25) is 0 Å². The van der Waals surface area contributed by atoms with Crippen LogP contribution in [0.15, 0.2) is 36.4 Å². The Labute approximate surface area is 111 Å². The maximum absolute atomic E-state index is 13.4. The number of fused-ring (bicyclic) bond motifs is 1. The van der Waals surface area contributed by atoms with Gasteiger partial charge in [0.15, 0.2) is 0 Å². The number of ether oxygens (including phenoxy) is 1. The molecule has 1 heterocycles. The van der Waals surface area contributed by atoms with E-state index < -0.39 is 6.10 Å². The van der Waals surface area contributed by atoms with Crippen molar-refractivity contribution < 1.29 is 14.2 Å². The summed E-state index contributed by atoms with van der Waals surface area (Å²) < 4.78 is 18.7. The maximum Gasteiger partial charge on any atom is 0.123 e. The number of aryl methyl sites for hydroxylation is 1. The minimum Gasteiger partial charge on any atom is -0.384 e. The maximum atomic E-state index is 13.4. The molecule has 0 fully saturated rings. The van der Waals surface area contributed by atoms with E-state index in [1.165, 1.54) is 12.1 Å². The van der Waals surface area contributed by atoms with E-state index in [0.29, 0.717) is 18.8 Å². The molecule has 3 rings (SSSR count). The fourth-order valence-electron chi connectivity index (χ4n) is 2.48. The normalized spacial score (nSPS) is 15.3. The standard InChI is InChI=1S/C16H15FO2/c1-10-4-13(7-15(17)5-10)16(18)11-2-3-12-8-19-9-14(12)6-11/h2-7,16,18H,8-9H2,1H3. The molecule has 0 saturated carbocycles. The molecule has 2 nitrogen and oxygen atoms in total. The fraction of sp³-hybridized carbons (Fsp3) is 0.250. The minimum atomic E-state index is -0.805. The van der Waals surface area contributed by atoms with Gasteiger partial charge in [0, 0.05) is 0 Å².